The molecule has 0 amide bonds. The molecule has 2 aromatic carbocycles. The third-order valence-corrected chi connectivity index (χ3v) is 4.86. The van der Waals surface area contributed by atoms with E-state index in [1.54, 1.807) is 6.07 Å². The van der Waals surface area contributed by atoms with E-state index in [-0.39, 0.29) is 17.5 Å². The molecule has 156 valence electrons. The number of nitrogens with one attached hydrogen (secondary N) is 2. The van der Waals surface area contributed by atoms with E-state index in [1.165, 1.54) is 6.07 Å². The van der Waals surface area contributed by atoms with Gasteiger partial charge in [0, 0.05) is 0 Å². The maximum Gasteiger partial charge on any atom is 0.453 e. The van der Waals surface area contributed by atoms with Gasteiger partial charge < -0.3 is 10.3 Å². The summed E-state index contributed by atoms with van der Waals surface area (Å²) in [4.78, 5) is 7.95. The van der Waals surface area contributed by atoms with Crippen LogP contribution in [0.1, 0.15) is 23.3 Å². The Balaban J connectivity index is 1.53. The van der Waals surface area contributed by atoms with Gasteiger partial charge in [0.2, 0.25) is 0 Å². The summed E-state index contributed by atoms with van der Waals surface area (Å²) >= 11 is 0. The summed E-state index contributed by atoms with van der Waals surface area (Å²) in [6.07, 6.45) is -4.11. The lowest BCUT2D eigenvalue weighted by Crippen LogP contribution is -2.18. The van der Waals surface area contributed by atoms with Crippen LogP contribution in [0.25, 0.3) is 16.7 Å². The molecule has 0 aliphatic carbocycles. The van der Waals surface area contributed by atoms with Crippen molar-refractivity contribution in [2.45, 2.75) is 18.6 Å². The smallest absolute Gasteiger partial charge is 0.358 e. The number of fused-ring (bicyclic) bond motifs is 2. The fourth-order valence-electron chi connectivity index (χ4n) is 3.42. The predicted octanol–water partition coefficient (Wildman–Crippen LogP) is 4.42. The minimum Gasteiger partial charge on any atom is -0.358 e. The first-order valence-electron chi connectivity index (χ1n) is 9.52. The van der Waals surface area contributed by atoms with E-state index in [4.69, 9.17) is 0 Å². The minimum absolute atomic E-state index is 0.0150. The highest BCUT2D eigenvalue weighted by Crippen LogP contribution is 2.28. The first-order valence-corrected chi connectivity index (χ1v) is 9.52. The van der Waals surface area contributed by atoms with Gasteiger partial charge in [-0.1, -0.05) is 42.5 Å². The number of benzene rings is 2. The third-order valence-electron chi connectivity index (χ3n) is 4.86. The number of imidazole rings is 1. The summed E-state index contributed by atoms with van der Waals surface area (Å²) in [5, 5.41) is 14.1. The first kappa shape index (κ1) is 19.0. The zero-order valence-corrected chi connectivity index (χ0v) is 16.0. The van der Waals surface area contributed by atoms with Gasteiger partial charge in [-0.2, -0.15) is 17.7 Å². The Bertz CT molecular complexity index is 1310. The summed E-state index contributed by atoms with van der Waals surface area (Å²) < 4.78 is 40.3. The summed E-state index contributed by atoms with van der Waals surface area (Å²) in [5.74, 6) is -0.263. The number of halogens is 3. The Morgan fingerprint density at radius 2 is 1.71 bits per heavy atom. The van der Waals surface area contributed by atoms with Crippen molar-refractivity contribution in [3.8, 4) is 0 Å². The number of para-hydroxylation sites is 2. The average Bonchev–Trinajstić information content (AvgIpc) is 3.38. The average molecular weight is 423 g/mol. The van der Waals surface area contributed by atoms with Crippen molar-refractivity contribution in [1.29, 1.82) is 0 Å². The standard InChI is InChI=1S/C21H16F3N7/c22-21(23,24)20-29-28-18-11-10-17(30-31(18)20)25-16(12-13-6-2-1-3-7-13)19-26-14-8-4-5-9-15(14)27-19/h1-11,16H,12H2,(H,25,30)(H,26,27)/t16-/m0/s1. The number of hydrogen-bond acceptors (Lipinski definition) is 5. The monoisotopic (exact) mass is 423 g/mol. The SMILES string of the molecule is FC(F)(F)c1nnc2ccc(N[C@@H](Cc3ccccc3)c3nc4ccccc4[nH]3)nn12. The molecule has 2 N–H and O–H groups in total. The van der Waals surface area contributed by atoms with Gasteiger partial charge >= 0.3 is 6.18 Å². The largest absolute Gasteiger partial charge is 0.453 e. The Kier molecular flexibility index (Phi) is 4.54. The molecular weight excluding hydrogens is 407 g/mol. The van der Waals surface area contributed by atoms with Crippen LogP contribution in [0.3, 0.4) is 0 Å². The molecule has 0 aliphatic heterocycles. The molecule has 10 heteroatoms. The van der Waals surface area contributed by atoms with E-state index >= 15 is 0 Å². The lowest BCUT2D eigenvalue weighted by Gasteiger charge is -2.17. The van der Waals surface area contributed by atoms with Crippen LogP contribution in [0.4, 0.5) is 19.0 Å². The van der Waals surface area contributed by atoms with Gasteiger partial charge in [-0.3, -0.25) is 0 Å². The third kappa shape index (κ3) is 3.79. The maximum absolute atomic E-state index is 13.2. The molecule has 31 heavy (non-hydrogen) atoms. The maximum atomic E-state index is 13.2. The Morgan fingerprint density at radius 1 is 0.935 bits per heavy atom. The van der Waals surface area contributed by atoms with Crippen LogP contribution < -0.4 is 5.32 Å². The van der Waals surface area contributed by atoms with Crippen molar-refractivity contribution in [3.63, 3.8) is 0 Å². The van der Waals surface area contributed by atoms with Crippen LogP contribution >= 0.6 is 0 Å². The van der Waals surface area contributed by atoms with E-state index in [9.17, 15) is 13.2 Å². The molecule has 0 fully saturated rings. The predicted molar refractivity (Wildman–Crippen MR) is 108 cm³/mol. The minimum atomic E-state index is -4.66. The molecule has 7 nitrogen and oxygen atoms in total. The van der Waals surface area contributed by atoms with Crippen molar-refractivity contribution < 1.29 is 13.2 Å². The van der Waals surface area contributed by atoms with Gasteiger partial charge in [0.05, 0.1) is 17.1 Å². The lowest BCUT2D eigenvalue weighted by molar-refractivity contribution is -0.146. The van der Waals surface area contributed by atoms with Gasteiger partial charge in [-0.05, 0) is 36.2 Å². The highest BCUT2D eigenvalue weighted by atomic mass is 19.4. The van der Waals surface area contributed by atoms with E-state index in [2.05, 4.69) is 30.6 Å². The van der Waals surface area contributed by atoms with E-state index in [1.807, 2.05) is 54.6 Å². The molecule has 3 heterocycles. The van der Waals surface area contributed by atoms with Crippen molar-refractivity contribution >= 4 is 22.5 Å². The number of hydrogen-bond donors (Lipinski definition) is 2. The van der Waals surface area contributed by atoms with Crippen molar-refractivity contribution in [2.24, 2.45) is 0 Å². The molecule has 0 radical (unpaired) electrons. The number of anilines is 1. The Morgan fingerprint density at radius 3 is 2.48 bits per heavy atom. The zero-order chi connectivity index (χ0) is 21.4. The normalized spacial score (nSPS) is 13.0. The number of aromatic nitrogens is 6. The van der Waals surface area contributed by atoms with Crippen molar-refractivity contribution in [2.75, 3.05) is 5.32 Å². The highest BCUT2D eigenvalue weighted by molar-refractivity contribution is 5.75. The molecule has 0 unspecified atom stereocenters. The lowest BCUT2D eigenvalue weighted by atomic mass is 10.1. The fraction of sp³-hybridized carbons (Fsp3) is 0.143. The molecular formula is C21H16F3N7. The molecule has 3 aromatic heterocycles. The van der Waals surface area contributed by atoms with Gasteiger partial charge in [0.1, 0.15) is 11.6 Å². The second-order valence-electron chi connectivity index (χ2n) is 7.04. The van der Waals surface area contributed by atoms with Gasteiger partial charge in [0.15, 0.2) is 5.65 Å². The molecule has 5 rings (SSSR count). The Labute approximate surface area is 174 Å². The second-order valence-corrected chi connectivity index (χ2v) is 7.04. The summed E-state index contributed by atoms with van der Waals surface area (Å²) in [6, 6.07) is 20.0. The number of nitrogens with zero attached hydrogens (tertiary/aromatic N) is 5. The molecule has 0 bridgehead atoms. The molecule has 0 saturated heterocycles. The van der Waals surface area contributed by atoms with E-state index in [0.717, 1.165) is 16.6 Å². The topological polar surface area (TPSA) is 83.8 Å². The van der Waals surface area contributed by atoms with E-state index < -0.39 is 12.0 Å². The number of rotatable bonds is 5. The number of aromatic amines is 1. The Hall–Kier alpha value is -3.95. The number of H-pyrrole nitrogens is 1. The van der Waals surface area contributed by atoms with Crippen LogP contribution in [0.5, 0.6) is 0 Å². The van der Waals surface area contributed by atoms with Crippen LogP contribution in [0.15, 0.2) is 66.7 Å². The molecule has 1 atom stereocenters. The van der Waals surface area contributed by atoms with Gasteiger partial charge in [0.25, 0.3) is 5.82 Å². The molecule has 5 aromatic rings. The molecule has 0 aliphatic rings. The molecule has 0 spiro atoms. The van der Waals surface area contributed by atoms with E-state index in [0.29, 0.717) is 16.8 Å². The fourth-order valence-corrected chi connectivity index (χ4v) is 3.42. The van der Waals surface area contributed by atoms with Crippen LogP contribution in [0.2, 0.25) is 0 Å². The zero-order valence-electron chi connectivity index (χ0n) is 16.0. The second kappa shape index (κ2) is 7.38. The van der Waals surface area contributed by atoms with Gasteiger partial charge in [-0.25, -0.2) is 4.98 Å². The summed E-state index contributed by atoms with van der Waals surface area (Å²) in [7, 11) is 0. The first-order chi connectivity index (χ1) is 15.0. The van der Waals surface area contributed by atoms with Gasteiger partial charge in [-0.15, -0.1) is 15.3 Å². The highest BCUT2D eigenvalue weighted by Gasteiger charge is 2.37. The van der Waals surface area contributed by atoms with Crippen LogP contribution in [0, 0.1) is 0 Å². The summed E-state index contributed by atoms with van der Waals surface area (Å²) in [6.45, 7) is 0. The van der Waals surface area contributed by atoms with Crippen LogP contribution in [-0.4, -0.2) is 29.8 Å². The van der Waals surface area contributed by atoms with Crippen LogP contribution in [-0.2, 0) is 12.6 Å². The van der Waals surface area contributed by atoms with Crippen molar-refractivity contribution in [3.05, 3.63) is 83.9 Å². The molecule has 0 saturated carbocycles. The quantitative estimate of drug-likeness (QED) is 0.437. The number of alkyl halides is 3. The van der Waals surface area contributed by atoms with Crippen molar-refractivity contribution in [1.82, 2.24) is 29.8 Å². The summed E-state index contributed by atoms with van der Waals surface area (Å²) in [5.41, 5.74) is 2.74.